The van der Waals surface area contributed by atoms with Crippen LogP contribution in [-0.2, 0) is 0 Å². The van der Waals surface area contributed by atoms with E-state index in [1.807, 2.05) is 4.90 Å². The van der Waals surface area contributed by atoms with Crippen molar-refractivity contribution in [3.8, 4) is 0 Å². The molecular weight excluding hydrogens is 461 g/mol. The van der Waals surface area contributed by atoms with Gasteiger partial charge in [0.1, 0.15) is 0 Å². The van der Waals surface area contributed by atoms with Crippen molar-refractivity contribution in [1.29, 1.82) is 0 Å². The predicted molar refractivity (Wildman–Crippen MR) is 127 cm³/mol. The molecular formula is C26H31NOSn. The van der Waals surface area contributed by atoms with Crippen LogP contribution >= 0.6 is 0 Å². The summed E-state index contributed by atoms with van der Waals surface area (Å²) in [6, 6.07) is 26.1. The molecule has 0 bridgehead atoms. The minimum absolute atomic E-state index is 0.334. The van der Waals surface area contributed by atoms with Gasteiger partial charge in [-0.25, -0.2) is 0 Å². The molecule has 0 atom stereocenters. The second-order valence-electron chi connectivity index (χ2n) is 7.83. The van der Waals surface area contributed by atoms with Crippen LogP contribution in [0.25, 0.3) is 0 Å². The Labute approximate surface area is 179 Å². The van der Waals surface area contributed by atoms with Crippen LogP contribution in [0.15, 0.2) is 72.8 Å². The van der Waals surface area contributed by atoms with Crippen molar-refractivity contribution < 1.29 is 4.79 Å². The molecule has 0 radical (unpaired) electrons. The molecule has 2 nitrogen and oxygen atoms in total. The van der Waals surface area contributed by atoms with Gasteiger partial charge in [0.15, 0.2) is 0 Å². The van der Waals surface area contributed by atoms with Gasteiger partial charge in [-0.15, -0.1) is 0 Å². The quantitative estimate of drug-likeness (QED) is 0.475. The van der Waals surface area contributed by atoms with Crippen LogP contribution < -0.4 is 10.7 Å². The first-order chi connectivity index (χ1) is 13.9. The zero-order valence-electron chi connectivity index (χ0n) is 18.2. The van der Waals surface area contributed by atoms with E-state index in [1.165, 1.54) is 27.4 Å². The molecule has 0 spiro atoms. The Morgan fingerprint density at radius 3 is 1.14 bits per heavy atom. The molecule has 0 unspecified atom stereocenters. The third-order valence-electron chi connectivity index (χ3n) is 5.83. The number of hydrogen-bond acceptors (Lipinski definition) is 1. The van der Waals surface area contributed by atoms with Crippen LogP contribution in [0.5, 0.6) is 0 Å². The third-order valence-corrected chi connectivity index (χ3v) is 18.8. The van der Waals surface area contributed by atoms with Gasteiger partial charge in [0.2, 0.25) is 0 Å². The van der Waals surface area contributed by atoms with E-state index in [4.69, 9.17) is 0 Å². The van der Waals surface area contributed by atoms with Crippen molar-refractivity contribution in [3.05, 3.63) is 89.5 Å². The molecule has 29 heavy (non-hydrogen) atoms. The number of aryl methyl sites for hydroxylation is 3. The summed E-state index contributed by atoms with van der Waals surface area (Å²) in [6.07, 6.45) is 0. The van der Waals surface area contributed by atoms with Crippen molar-refractivity contribution in [1.82, 2.24) is 4.90 Å². The fourth-order valence-electron chi connectivity index (χ4n) is 4.03. The average Bonchev–Trinajstić information content (AvgIpc) is 2.73. The first kappa shape index (κ1) is 21.6. The number of amides is 1. The van der Waals surface area contributed by atoms with Gasteiger partial charge >= 0.3 is 180 Å². The van der Waals surface area contributed by atoms with E-state index in [0.29, 0.717) is 3.92 Å². The second-order valence-corrected chi connectivity index (χ2v) is 18.3. The SMILES string of the molecule is CCN(CC)[C](=O)[Sn]([c]1ccc(C)cc1)([c]1ccc(C)cc1)[c]1ccc(C)cc1. The van der Waals surface area contributed by atoms with Gasteiger partial charge < -0.3 is 0 Å². The zero-order valence-corrected chi connectivity index (χ0v) is 21.1. The summed E-state index contributed by atoms with van der Waals surface area (Å²) in [5, 5.41) is 0. The number of rotatable bonds is 6. The maximum absolute atomic E-state index is 14.3. The van der Waals surface area contributed by atoms with Crippen LogP contribution in [-0.4, -0.2) is 40.3 Å². The van der Waals surface area contributed by atoms with Gasteiger partial charge in [-0.1, -0.05) is 0 Å². The fraction of sp³-hybridized carbons (Fsp3) is 0.269. The van der Waals surface area contributed by atoms with Crippen molar-refractivity contribution in [2.75, 3.05) is 13.1 Å². The third kappa shape index (κ3) is 4.13. The Morgan fingerprint density at radius 2 is 0.897 bits per heavy atom. The van der Waals surface area contributed by atoms with Gasteiger partial charge in [0.05, 0.1) is 0 Å². The topological polar surface area (TPSA) is 20.3 Å². The number of nitrogens with zero attached hydrogens (tertiary/aromatic N) is 1. The van der Waals surface area contributed by atoms with E-state index < -0.39 is 18.4 Å². The normalized spacial score (nSPS) is 11.3. The molecule has 3 aromatic carbocycles. The van der Waals surface area contributed by atoms with Crippen LogP contribution in [0, 0.1) is 20.8 Å². The number of benzene rings is 3. The Kier molecular flexibility index (Phi) is 6.84. The second kappa shape index (κ2) is 9.17. The number of carbonyl (C=O) groups is 1. The molecule has 0 aliphatic rings. The molecule has 0 saturated carbocycles. The molecule has 0 heterocycles. The van der Waals surface area contributed by atoms with E-state index in [-0.39, 0.29) is 0 Å². The summed E-state index contributed by atoms with van der Waals surface area (Å²) in [5.41, 5.74) is 3.66. The van der Waals surface area contributed by atoms with Crippen LogP contribution in [0.3, 0.4) is 0 Å². The monoisotopic (exact) mass is 493 g/mol. The van der Waals surface area contributed by atoms with E-state index in [1.54, 1.807) is 0 Å². The van der Waals surface area contributed by atoms with E-state index in [9.17, 15) is 4.79 Å². The summed E-state index contributed by atoms with van der Waals surface area (Å²) in [4.78, 5) is 16.3. The molecule has 0 fully saturated rings. The standard InChI is InChI=1S/3C7H7.C5H10NO.Sn/c3*1-7-5-3-2-4-6-7;1-3-6(4-2)5-7;/h3*3-6H,1H3;3-4H2,1-2H3;. The maximum atomic E-state index is 14.3. The van der Waals surface area contributed by atoms with Crippen molar-refractivity contribution in [2.45, 2.75) is 34.6 Å². The van der Waals surface area contributed by atoms with Crippen LogP contribution in [0.4, 0.5) is 4.79 Å². The van der Waals surface area contributed by atoms with Gasteiger partial charge in [-0.2, -0.15) is 0 Å². The van der Waals surface area contributed by atoms with E-state index in [0.717, 1.165) is 13.1 Å². The fourth-order valence-corrected chi connectivity index (χ4v) is 17.0. The summed E-state index contributed by atoms with van der Waals surface area (Å²) >= 11 is -3.96. The number of hydrogen-bond donors (Lipinski definition) is 0. The molecule has 3 rings (SSSR count). The van der Waals surface area contributed by atoms with E-state index in [2.05, 4.69) is 107 Å². The zero-order chi connectivity index (χ0) is 21.0. The Balaban J connectivity index is 2.40. The van der Waals surface area contributed by atoms with Crippen LogP contribution in [0.1, 0.15) is 30.5 Å². The van der Waals surface area contributed by atoms with Gasteiger partial charge in [-0.05, 0) is 0 Å². The molecule has 0 aliphatic carbocycles. The van der Waals surface area contributed by atoms with Crippen molar-refractivity contribution in [2.24, 2.45) is 0 Å². The van der Waals surface area contributed by atoms with Crippen LogP contribution in [0.2, 0.25) is 0 Å². The summed E-state index contributed by atoms with van der Waals surface area (Å²) in [7, 11) is 0. The molecule has 0 N–H and O–H groups in total. The molecule has 3 aromatic rings. The first-order valence-electron chi connectivity index (χ1n) is 10.4. The molecule has 0 aliphatic heterocycles. The van der Waals surface area contributed by atoms with Gasteiger partial charge in [0.25, 0.3) is 0 Å². The molecule has 3 heteroatoms. The Hall–Kier alpha value is -2.07. The summed E-state index contributed by atoms with van der Waals surface area (Å²) in [5.74, 6) is 0. The molecule has 0 aromatic heterocycles. The van der Waals surface area contributed by atoms with Crippen molar-refractivity contribution in [3.63, 3.8) is 0 Å². The molecule has 0 saturated heterocycles. The molecule has 1 amide bonds. The Morgan fingerprint density at radius 1 is 0.621 bits per heavy atom. The summed E-state index contributed by atoms with van der Waals surface area (Å²) < 4.78 is 3.99. The predicted octanol–water partition coefficient (Wildman–Crippen LogP) is 4.13. The average molecular weight is 492 g/mol. The first-order valence-corrected chi connectivity index (χ1v) is 16.1. The minimum atomic E-state index is -3.96. The number of carbonyl (C=O) groups excluding carboxylic acids is 1. The molecule has 150 valence electrons. The summed E-state index contributed by atoms with van der Waals surface area (Å²) in [6.45, 7) is 11.9. The van der Waals surface area contributed by atoms with E-state index >= 15 is 0 Å². The van der Waals surface area contributed by atoms with Gasteiger partial charge in [-0.3, -0.25) is 0 Å². The van der Waals surface area contributed by atoms with Gasteiger partial charge in [0, 0.05) is 0 Å². The van der Waals surface area contributed by atoms with Crippen molar-refractivity contribution >= 4 is 33.0 Å². The Bertz CT molecular complexity index is 844.